The number of carbonyl (C=O) groups excluding carboxylic acids is 1. The predicted molar refractivity (Wildman–Crippen MR) is 104 cm³/mol. The molecule has 0 unspecified atom stereocenters. The molecular formula is C20H16N4OS. The molecule has 3 aromatic carbocycles. The molecule has 1 amide bonds. The number of hydrazine groups is 1. The topological polar surface area (TPSA) is 69.8 Å². The molecule has 0 spiro atoms. The second-order valence-electron chi connectivity index (χ2n) is 5.66. The monoisotopic (exact) mass is 360 g/mol. The number of imidazole rings is 1. The molecule has 0 radical (unpaired) electrons. The van der Waals surface area contributed by atoms with Gasteiger partial charge in [0.2, 0.25) is 0 Å². The van der Waals surface area contributed by atoms with Crippen LogP contribution in [0.1, 0.15) is 10.4 Å². The lowest BCUT2D eigenvalue weighted by Crippen LogP contribution is -2.32. The van der Waals surface area contributed by atoms with Gasteiger partial charge in [-0.05, 0) is 47.3 Å². The standard InChI is InChI=1S/C20H16N4OS/c25-20(23-24-26-16-9-5-2-6-10-16)17-11-15(14-7-3-1-4-8-14)12-18-19(17)22-13-21-18/h1-13,24H,(H,21,22)(H,23,25). The normalized spacial score (nSPS) is 10.8. The van der Waals surface area contributed by atoms with Gasteiger partial charge in [0.15, 0.2) is 0 Å². The SMILES string of the molecule is O=C(NNSc1ccccc1)c1cc(-c2ccccc2)cc2[nH]cnc12. The van der Waals surface area contributed by atoms with E-state index in [2.05, 4.69) is 20.2 Å². The number of aromatic nitrogens is 2. The van der Waals surface area contributed by atoms with Crippen LogP contribution < -0.4 is 10.3 Å². The zero-order valence-corrected chi connectivity index (χ0v) is 14.6. The summed E-state index contributed by atoms with van der Waals surface area (Å²) in [6, 6.07) is 23.6. The number of nitrogens with one attached hydrogen (secondary N) is 3. The van der Waals surface area contributed by atoms with E-state index in [-0.39, 0.29) is 5.91 Å². The van der Waals surface area contributed by atoms with Crippen LogP contribution in [0, 0.1) is 0 Å². The summed E-state index contributed by atoms with van der Waals surface area (Å²) in [6.45, 7) is 0. The van der Waals surface area contributed by atoms with E-state index >= 15 is 0 Å². The fourth-order valence-corrected chi connectivity index (χ4v) is 3.26. The van der Waals surface area contributed by atoms with E-state index in [1.54, 1.807) is 6.33 Å². The van der Waals surface area contributed by atoms with Crippen LogP contribution in [-0.2, 0) is 0 Å². The van der Waals surface area contributed by atoms with Gasteiger partial charge in [-0.1, -0.05) is 48.5 Å². The molecule has 0 aliphatic heterocycles. The van der Waals surface area contributed by atoms with Crippen LogP contribution >= 0.6 is 11.9 Å². The first kappa shape index (κ1) is 16.4. The van der Waals surface area contributed by atoms with Gasteiger partial charge >= 0.3 is 0 Å². The Morgan fingerprint density at radius 3 is 2.42 bits per heavy atom. The molecule has 128 valence electrons. The van der Waals surface area contributed by atoms with Crippen LogP contribution in [0.3, 0.4) is 0 Å². The van der Waals surface area contributed by atoms with Gasteiger partial charge in [-0.2, -0.15) is 4.83 Å². The molecule has 6 heteroatoms. The van der Waals surface area contributed by atoms with Gasteiger partial charge in [0, 0.05) is 4.90 Å². The average Bonchev–Trinajstić information content (AvgIpc) is 3.17. The minimum atomic E-state index is -0.233. The summed E-state index contributed by atoms with van der Waals surface area (Å²) >= 11 is 1.34. The van der Waals surface area contributed by atoms with Crippen LogP contribution in [0.2, 0.25) is 0 Å². The fourth-order valence-electron chi connectivity index (χ4n) is 2.71. The maximum absolute atomic E-state index is 12.7. The zero-order valence-electron chi connectivity index (χ0n) is 13.8. The van der Waals surface area contributed by atoms with Crippen LogP contribution in [0.15, 0.2) is 84.0 Å². The van der Waals surface area contributed by atoms with E-state index in [4.69, 9.17) is 0 Å². The van der Waals surface area contributed by atoms with Crippen LogP contribution in [0.25, 0.3) is 22.2 Å². The molecule has 0 atom stereocenters. The average molecular weight is 360 g/mol. The molecule has 0 saturated heterocycles. The lowest BCUT2D eigenvalue weighted by molar-refractivity contribution is 0.0948. The lowest BCUT2D eigenvalue weighted by Gasteiger charge is -2.09. The van der Waals surface area contributed by atoms with Gasteiger partial charge in [-0.15, -0.1) is 0 Å². The zero-order chi connectivity index (χ0) is 17.8. The first-order chi connectivity index (χ1) is 12.8. The Bertz CT molecular complexity index is 1030. The highest BCUT2D eigenvalue weighted by Crippen LogP contribution is 2.26. The van der Waals surface area contributed by atoms with E-state index < -0.39 is 0 Å². The molecule has 0 aliphatic carbocycles. The summed E-state index contributed by atoms with van der Waals surface area (Å²) in [4.78, 5) is 24.0. The number of fused-ring (bicyclic) bond motifs is 1. The van der Waals surface area contributed by atoms with E-state index in [1.807, 2.05) is 72.8 Å². The highest BCUT2D eigenvalue weighted by atomic mass is 32.2. The number of H-pyrrole nitrogens is 1. The van der Waals surface area contributed by atoms with Gasteiger partial charge in [0.05, 0.1) is 17.4 Å². The Morgan fingerprint density at radius 2 is 1.65 bits per heavy atom. The minimum absolute atomic E-state index is 0.233. The minimum Gasteiger partial charge on any atom is -0.345 e. The highest BCUT2D eigenvalue weighted by molar-refractivity contribution is 7.97. The molecule has 1 heterocycles. The molecule has 0 fully saturated rings. The summed E-state index contributed by atoms with van der Waals surface area (Å²) in [7, 11) is 0. The third kappa shape index (κ3) is 3.46. The Morgan fingerprint density at radius 1 is 0.923 bits per heavy atom. The van der Waals surface area contributed by atoms with Crippen molar-refractivity contribution in [1.82, 2.24) is 20.2 Å². The van der Waals surface area contributed by atoms with Crippen molar-refractivity contribution >= 4 is 28.9 Å². The van der Waals surface area contributed by atoms with Crippen molar-refractivity contribution in [3.8, 4) is 11.1 Å². The third-order valence-corrected chi connectivity index (χ3v) is 4.66. The summed E-state index contributed by atoms with van der Waals surface area (Å²) in [5, 5.41) is 0. The first-order valence-corrected chi connectivity index (χ1v) is 8.93. The van der Waals surface area contributed by atoms with E-state index in [9.17, 15) is 4.79 Å². The van der Waals surface area contributed by atoms with E-state index in [1.165, 1.54) is 11.9 Å². The maximum Gasteiger partial charge on any atom is 0.268 e. The van der Waals surface area contributed by atoms with Gasteiger partial charge in [-0.25, -0.2) is 4.98 Å². The number of aromatic amines is 1. The molecule has 4 aromatic rings. The number of amides is 1. The Hall–Kier alpha value is -3.09. The second-order valence-corrected chi connectivity index (χ2v) is 6.54. The second kappa shape index (κ2) is 7.43. The molecule has 3 N–H and O–H groups in total. The molecule has 1 aromatic heterocycles. The summed E-state index contributed by atoms with van der Waals surface area (Å²) in [5.74, 6) is -0.233. The largest absolute Gasteiger partial charge is 0.345 e. The maximum atomic E-state index is 12.7. The van der Waals surface area contributed by atoms with Crippen molar-refractivity contribution in [2.24, 2.45) is 0 Å². The highest BCUT2D eigenvalue weighted by Gasteiger charge is 2.14. The van der Waals surface area contributed by atoms with Crippen LogP contribution in [-0.4, -0.2) is 15.9 Å². The Kier molecular flexibility index (Phi) is 4.68. The molecule has 26 heavy (non-hydrogen) atoms. The summed E-state index contributed by atoms with van der Waals surface area (Å²) < 4.78 is 0. The third-order valence-electron chi connectivity index (χ3n) is 3.95. The molecule has 5 nitrogen and oxygen atoms in total. The van der Waals surface area contributed by atoms with Crippen molar-refractivity contribution in [3.63, 3.8) is 0 Å². The lowest BCUT2D eigenvalue weighted by atomic mass is 10.0. The number of rotatable bonds is 5. The molecule has 0 aliphatic rings. The van der Waals surface area contributed by atoms with Gasteiger partial charge in [0.1, 0.15) is 5.52 Å². The van der Waals surface area contributed by atoms with Gasteiger partial charge in [0.25, 0.3) is 5.91 Å². The van der Waals surface area contributed by atoms with E-state index in [0.717, 1.165) is 21.5 Å². The number of carbonyl (C=O) groups is 1. The van der Waals surface area contributed by atoms with E-state index in [0.29, 0.717) is 11.1 Å². The van der Waals surface area contributed by atoms with Crippen LogP contribution in [0.5, 0.6) is 0 Å². The number of nitrogens with zero attached hydrogens (tertiary/aromatic N) is 1. The first-order valence-electron chi connectivity index (χ1n) is 8.11. The molecule has 0 saturated carbocycles. The molecular weight excluding hydrogens is 344 g/mol. The smallest absolute Gasteiger partial charge is 0.268 e. The summed E-state index contributed by atoms with van der Waals surface area (Å²) in [6.07, 6.45) is 1.60. The van der Waals surface area contributed by atoms with Gasteiger partial charge in [-0.3, -0.25) is 10.2 Å². The number of hydrogen-bond acceptors (Lipinski definition) is 4. The van der Waals surface area contributed by atoms with Crippen molar-refractivity contribution in [3.05, 3.63) is 84.7 Å². The van der Waals surface area contributed by atoms with Crippen molar-refractivity contribution in [1.29, 1.82) is 0 Å². The van der Waals surface area contributed by atoms with Crippen LogP contribution in [0.4, 0.5) is 0 Å². The Labute approximate surface area is 155 Å². The summed E-state index contributed by atoms with van der Waals surface area (Å²) in [5.41, 5.74) is 6.73. The van der Waals surface area contributed by atoms with Crippen molar-refractivity contribution < 1.29 is 4.79 Å². The number of benzene rings is 3. The fraction of sp³-hybridized carbons (Fsp3) is 0. The van der Waals surface area contributed by atoms with Crippen molar-refractivity contribution in [2.75, 3.05) is 0 Å². The predicted octanol–water partition coefficient (Wildman–Crippen LogP) is 4.17. The van der Waals surface area contributed by atoms with Crippen molar-refractivity contribution in [2.45, 2.75) is 4.90 Å². The molecule has 4 rings (SSSR count). The quantitative estimate of drug-likeness (QED) is 0.369. The van der Waals surface area contributed by atoms with Gasteiger partial charge < -0.3 is 4.98 Å². The Balaban J connectivity index is 1.58. The molecule has 0 bridgehead atoms. The number of hydrogen-bond donors (Lipinski definition) is 3.